The molecular formula is C13H18FNO5. The lowest BCUT2D eigenvalue weighted by Crippen LogP contribution is -2.31. The van der Waals surface area contributed by atoms with Gasteiger partial charge in [-0.1, -0.05) is 0 Å². The molecule has 6 nitrogen and oxygen atoms in total. The molecule has 20 heavy (non-hydrogen) atoms. The molecule has 0 aliphatic carbocycles. The number of phenols is 1. The van der Waals surface area contributed by atoms with Crippen molar-refractivity contribution in [3.63, 3.8) is 0 Å². The Morgan fingerprint density at radius 1 is 1.40 bits per heavy atom. The van der Waals surface area contributed by atoms with Gasteiger partial charge in [0.25, 0.3) is 0 Å². The normalized spacial score (nSPS) is 13.4. The molecule has 2 atom stereocenters. The van der Waals surface area contributed by atoms with Crippen molar-refractivity contribution in [1.29, 1.82) is 0 Å². The average molecular weight is 287 g/mol. The second-order valence-electron chi connectivity index (χ2n) is 3.94. The summed E-state index contributed by atoms with van der Waals surface area (Å²) in [6.45, 7) is 1.60. The third kappa shape index (κ3) is 3.30. The molecule has 1 aromatic carbocycles. The molecular weight excluding hydrogens is 269 g/mol. The van der Waals surface area contributed by atoms with Crippen molar-refractivity contribution in [3.8, 4) is 17.2 Å². The lowest BCUT2D eigenvalue weighted by molar-refractivity contribution is -0.149. The zero-order chi connectivity index (χ0) is 15.3. The van der Waals surface area contributed by atoms with Gasteiger partial charge in [0.1, 0.15) is 17.2 Å². The van der Waals surface area contributed by atoms with Gasteiger partial charge in [0.05, 0.1) is 32.4 Å². The van der Waals surface area contributed by atoms with Crippen molar-refractivity contribution in [3.05, 3.63) is 17.7 Å². The zero-order valence-electron chi connectivity index (χ0n) is 11.6. The maximum absolute atomic E-state index is 13.9. The van der Waals surface area contributed by atoms with E-state index in [9.17, 15) is 14.3 Å². The van der Waals surface area contributed by atoms with Crippen LogP contribution in [-0.2, 0) is 9.53 Å². The third-order valence-corrected chi connectivity index (χ3v) is 2.71. The Bertz CT molecular complexity index is 480. The van der Waals surface area contributed by atoms with E-state index in [1.165, 1.54) is 26.4 Å². The molecule has 0 amide bonds. The van der Waals surface area contributed by atoms with Gasteiger partial charge in [0.15, 0.2) is 0 Å². The summed E-state index contributed by atoms with van der Waals surface area (Å²) in [6.07, 6.45) is -2.11. The fourth-order valence-electron chi connectivity index (χ4n) is 1.72. The van der Waals surface area contributed by atoms with E-state index in [1.807, 2.05) is 0 Å². The van der Waals surface area contributed by atoms with Crippen molar-refractivity contribution in [2.24, 2.45) is 5.73 Å². The summed E-state index contributed by atoms with van der Waals surface area (Å²) in [7, 11) is 2.74. The summed E-state index contributed by atoms with van der Waals surface area (Å²) >= 11 is 0. The quantitative estimate of drug-likeness (QED) is 0.767. The number of carbonyl (C=O) groups excluding carboxylic acids is 1. The number of hydrogen-bond donors (Lipinski definition) is 2. The number of benzene rings is 1. The number of nitrogens with two attached hydrogens (primary N) is 1. The van der Waals surface area contributed by atoms with Gasteiger partial charge in [0.2, 0.25) is 6.17 Å². The SMILES string of the molecule is CCOC(=O)C(F)[C@@H](N)c1c(O)cc(OC)cc1OC. The van der Waals surface area contributed by atoms with E-state index >= 15 is 0 Å². The molecule has 1 unspecified atom stereocenters. The molecule has 0 radical (unpaired) electrons. The lowest BCUT2D eigenvalue weighted by atomic mass is 10.0. The first-order valence-corrected chi connectivity index (χ1v) is 5.97. The Labute approximate surface area is 116 Å². The van der Waals surface area contributed by atoms with E-state index in [2.05, 4.69) is 4.74 Å². The number of phenolic OH excluding ortho intramolecular Hbond substituents is 1. The number of rotatable bonds is 6. The third-order valence-electron chi connectivity index (χ3n) is 2.71. The highest BCUT2D eigenvalue weighted by Crippen LogP contribution is 2.38. The van der Waals surface area contributed by atoms with Crippen LogP contribution in [-0.4, -0.2) is 38.1 Å². The van der Waals surface area contributed by atoms with Crippen LogP contribution in [0.25, 0.3) is 0 Å². The Kier molecular flexibility index (Phi) is 5.57. The Morgan fingerprint density at radius 3 is 2.55 bits per heavy atom. The molecule has 7 heteroatoms. The monoisotopic (exact) mass is 287 g/mol. The first-order valence-electron chi connectivity index (χ1n) is 5.97. The molecule has 0 heterocycles. The first kappa shape index (κ1) is 16.0. The van der Waals surface area contributed by atoms with Gasteiger partial charge in [-0.15, -0.1) is 0 Å². The molecule has 0 aliphatic rings. The molecule has 112 valence electrons. The number of methoxy groups -OCH3 is 2. The van der Waals surface area contributed by atoms with E-state index in [0.29, 0.717) is 5.75 Å². The first-order chi connectivity index (χ1) is 9.46. The molecule has 0 saturated heterocycles. The summed E-state index contributed by atoms with van der Waals surface area (Å²) in [5, 5.41) is 9.91. The van der Waals surface area contributed by atoms with E-state index in [-0.39, 0.29) is 23.7 Å². The van der Waals surface area contributed by atoms with Crippen LogP contribution in [0.3, 0.4) is 0 Å². The second kappa shape index (κ2) is 6.95. The van der Waals surface area contributed by atoms with E-state index in [4.69, 9.17) is 15.2 Å². The highest BCUT2D eigenvalue weighted by Gasteiger charge is 2.32. The van der Waals surface area contributed by atoms with E-state index < -0.39 is 18.2 Å². The predicted octanol–water partition coefficient (Wildman–Crippen LogP) is 1.31. The van der Waals surface area contributed by atoms with Crippen LogP contribution >= 0.6 is 0 Å². The Morgan fingerprint density at radius 2 is 2.05 bits per heavy atom. The van der Waals surface area contributed by atoms with Crippen molar-refractivity contribution < 1.29 is 28.5 Å². The lowest BCUT2D eigenvalue weighted by Gasteiger charge is -2.20. The number of ether oxygens (including phenoxy) is 3. The number of hydrogen-bond acceptors (Lipinski definition) is 6. The van der Waals surface area contributed by atoms with Crippen molar-refractivity contribution in [1.82, 2.24) is 0 Å². The van der Waals surface area contributed by atoms with Gasteiger partial charge in [-0.3, -0.25) is 0 Å². The van der Waals surface area contributed by atoms with Gasteiger partial charge < -0.3 is 25.1 Å². The molecule has 1 aromatic rings. The minimum absolute atomic E-state index is 0.0196. The fourth-order valence-corrected chi connectivity index (χ4v) is 1.72. The van der Waals surface area contributed by atoms with Gasteiger partial charge in [0, 0.05) is 12.1 Å². The molecule has 3 N–H and O–H groups in total. The average Bonchev–Trinajstić information content (AvgIpc) is 2.44. The standard InChI is InChI=1S/C13H18FNO5/c1-4-20-13(17)11(14)12(15)10-8(16)5-7(18-2)6-9(10)19-3/h5-6,11-12,16H,4,15H2,1-3H3/t11?,12-/m0/s1. The van der Waals surface area contributed by atoms with Crippen LogP contribution in [0.4, 0.5) is 4.39 Å². The van der Waals surface area contributed by atoms with Crippen LogP contribution in [0.2, 0.25) is 0 Å². The van der Waals surface area contributed by atoms with E-state index in [0.717, 1.165) is 0 Å². The van der Waals surface area contributed by atoms with Crippen LogP contribution in [0, 0.1) is 0 Å². The topological polar surface area (TPSA) is 91.0 Å². The molecule has 0 spiro atoms. The Hall–Kier alpha value is -2.02. The summed E-state index contributed by atoms with van der Waals surface area (Å²) in [5.41, 5.74) is 5.66. The molecule has 0 saturated carbocycles. The van der Waals surface area contributed by atoms with Gasteiger partial charge in [-0.2, -0.15) is 0 Å². The van der Waals surface area contributed by atoms with E-state index in [1.54, 1.807) is 6.92 Å². The molecule has 0 bridgehead atoms. The summed E-state index contributed by atoms with van der Waals surface area (Å²) in [4.78, 5) is 11.4. The van der Waals surface area contributed by atoms with Gasteiger partial charge >= 0.3 is 5.97 Å². The summed E-state index contributed by atoms with van der Waals surface area (Å²) in [5.74, 6) is -0.957. The van der Waals surface area contributed by atoms with Crippen LogP contribution in [0.1, 0.15) is 18.5 Å². The van der Waals surface area contributed by atoms with Crippen LogP contribution in [0.15, 0.2) is 12.1 Å². The highest BCUT2D eigenvalue weighted by molar-refractivity contribution is 5.76. The summed E-state index contributed by atoms with van der Waals surface area (Å²) in [6, 6.07) is 1.29. The van der Waals surface area contributed by atoms with Crippen molar-refractivity contribution in [2.45, 2.75) is 19.1 Å². The minimum atomic E-state index is -2.11. The number of halogens is 1. The smallest absolute Gasteiger partial charge is 0.342 e. The summed E-state index contributed by atoms with van der Waals surface area (Å²) < 4.78 is 28.5. The van der Waals surface area contributed by atoms with Gasteiger partial charge in [-0.25, -0.2) is 9.18 Å². The maximum atomic E-state index is 13.9. The molecule has 0 aliphatic heterocycles. The number of alkyl halides is 1. The van der Waals surface area contributed by atoms with Crippen LogP contribution in [0.5, 0.6) is 17.2 Å². The predicted molar refractivity (Wildman–Crippen MR) is 69.7 cm³/mol. The zero-order valence-corrected chi connectivity index (χ0v) is 11.6. The minimum Gasteiger partial charge on any atom is -0.507 e. The van der Waals surface area contributed by atoms with Crippen LogP contribution < -0.4 is 15.2 Å². The second-order valence-corrected chi connectivity index (χ2v) is 3.94. The number of carbonyl (C=O) groups is 1. The number of aromatic hydroxyl groups is 1. The largest absolute Gasteiger partial charge is 0.507 e. The molecule has 1 rings (SSSR count). The Balaban J connectivity index is 3.14. The molecule has 0 fully saturated rings. The fraction of sp³-hybridized carbons (Fsp3) is 0.462. The van der Waals surface area contributed by atoms with Crippen molar-refractivity contribution in [2.75, 3.05) is 20.8 Å². The number of esters is 1. The maximum Gasteiger partial charge on any atom is 0.342 e. The highest BCUT2D eigenvalue weighted by atomic mass is 19.1. The molecule has 0 aromatic heterocycles. The van der Waals surface area contributed by atoms with Crippen molar-refractivity contribution >= 4 is 5.97 Å². The van der Waals surface area contributed by atoms with Gasteiger partial charge in [-0.05, 0) is 6.92 Å².